The Morgan fingerprint density at radius 1 is 1.42 bits per heavy atom. The van der Waals surface area contributed by atoms with Gasteiger partial charge in [-0.1, -0.05) is 13.8 Å². The number of nitrogens with two attached hydrogens (primary N) is 1. The van der Waals surface area contributed by atoms with Crippen LogP contribution in [0.3, 0.4) is 0 Å². The number of nitrogens with one attached hydrogen (secondary N) is 1. The monoisotopic (exact) mass is 268 g/mol. The Balaban J connectivity index is 2.85. The van der Waals surface area contributed by atoms with E-state index >= 15 is 0 Å². The van der Waals surface area contributed by atoms with Gasteiger partial charge in [0.2, 0.25) is 0 Å². The number of hydrogen-bond acceptors (Lipinski definition) is 5. The van der Waals surface area contributed by atoms with Crippen LogP contribution in [0, 0.1) is 5.92 Å². The van der Waals surface area contributed by atoms with Crippen molar-refractivity contribution in [3.05, 3.63) is 12.2 Å². The van der Waals surface area contributed by atoms with Crippen LogP contribution in [0.1, 0.15) is 33.5 Å². The van der Waals surface area contributed by atoms with Crippen molar-refractivity contribution in [2.45, 2.75) is 52.2 Å². The number of nitrogens with zero attached hydrogens (tertiary/aromatic N) is 4. The predicted molar refractivity (Wildman–Crippen MR) is 77.4 cm³/mol. The van der Waals surface area contributed by atoms with Gasteiger partial charge in [-0.25, -0.2) is 9.67 Å². The maximum Gasteiger partial charge on any atom is 0.138 e. The molecule has 1 rings (SSSR count). The highest BCUT2D eigenvalue weighted by molar-refractivity contribution is 4.98. The fraction of sp³-hybridized carbons (Fsp3) is 0.846. The molecule has 0 amide bonds. The van der Waals surface area contributed by atoms with Gasteiger partial charge < -0.3 is 4.90 Å². The van der Waals surface area contributed by atoms with Gasteiger partial charge in [-0.15, -0.1) is 0 Å². The zero-order chi connectivity index (χ0) is 14.6. The summed E-state index contributed by atoms with van der Waals surface area (Å²) in [5.41, 5.74) is 2.85. The van der Waals surface area contributed by atoms with E-state index in [0.29, 0.717) is 5.92 Å². The Bertz CT molecular complexity index is 382. The van der Waals surface area contributed by atoms with Crippen molar-refractivity contribution in [3.8, 4) is 0 Å². The van der Waals surface area contributed by atoms with E-state index in [2.05, 4.69) is 62.2 Å². The maximum absolute atomic E-state index is 5.73. The number of rotatable bonds is 7. The number of aromatic nitrogens is 3. The summed E-state index contributed by atoms with van der Waals surface area (Å²) in [7, 11) is 4.12. The quantitative estimate of drug-likeness (QED) is 0.561. The first kappa shape index (κ1) is 16.1. The number of hydrazine groups is 1. The van der Waals surface area contributed by atoms with Crippen LogP contribution in [0.4, 0.5) is 0 Å². The average molecular weight is 268 g/mol. The highest BCUT2D eigenvalue weighted by Crippen LogP contribution is 2.18. The summed E-state index contributed by atoms with van der Waals surface area (Å²) >= 11 is 0. The van der Waals surface area contributed by atoms with Crippen LogP contribution in [0.2, 0.25) is 0 Å². The third kappa shape index (κ3) is 3.99. The summed E-state index contributed by atoms with van der Waals surface area (Å²) in [4.78, 5) is 6.53. The van der Waals surface area contributed by atoms with E-state index in [1.54, 1.807) is 6.33 Å². The minimum absolute atomic E-state index is 0.0661. The molecule has 6 heteroatoms. The third-order valence-electron chi connectivity index (χ3n) is 3.83. The Hall–Kier alpha value is -0.980. The fourth-order valence-corrected chi connectivity index (χ4v) is 1.95. The minimum atomic E-state index is -0.0661. The lowest BCUT2D eigenvalue weighted by atomic mass is 9.91. The summed E-state index contributed by atoms with van der Waals surface area (Å²) in [5, 5.41) is 4.29. The van der Waals surface area contributed by atoms with Crippen LogP contribution >= 0.6 is 0 Å². The Morgan fingerprint density at radius 2 is 2.05 bits per heavy atom. The highest BCUT2D eigenvalue weighted by atomic mass is 15.3. The molecule has 0 radical (unpaired) electrons. The molecular formula is C13H28N6. The molecule has 0 saturated carbocycles. The van der Waals surface area contributed by atoms with Crippen molar-refractivity contribution in [1.82, 2.24) is 25.1 Å². The van der Waals surface area contributed by atoms with E-state index < -0.39 is 0 Å². The van der Waals surface area contributed by atoms with Crippen molar-refractivity contribution in [1.29, 1.82) is 0 Å². The number of likely N-dealkylation sites (N-methyl/N-ethyl adjacent to an activating group) is 1. The van der Waals surface area contributed by atoms with Gasteiger partial charge in [0.15, 0.2) is 0 Å². The van der Waals surface area contributed by atoms with Gasteiger partial charge in [-0.2, -0.15) is 5.10 Å². The molecule has 0 aliphatic rings. The Morgan fingerprint density at radius 3 is 2.53 bits per heavy atom. The molecule has 1 unspecified atom stereocenters. The molecule has 1 atom stereocenters. The van der Waals surface area contributed by atoms with Crippen molar-refractivity contribution < 1.29 is 0 Å². The third-order valence-corrected chi connectivity index (χ3v) is 3.83. The smallest absolute Gasteiger partial charge is 0.138 e. The summed E-state index contributed by atoms with van der Waals surface area (Å²) in [6.07, 6.45) is 2.38. The topological polar surface area (TPSA) is 72.0 Å². The lowest BCUT2D eigenvalue weighted by Crippen LogP contribution is -2.58. The first-order valence-corrected chi connectivity index (χ1v) is 6.79. The first-order chi connectivity index (χ1) is 8.78. The van der Waals surface area contributed by atoms with Crippen LogP contribution < -0.4 is 11.3 Å². The summed E-state index contributed by atoms with van der Waals surface area (Å²) in [6.45, 7) is 9.57. The molecule has 0 aliphatic carbocycles. The summed E-state index contributed by atoms with van der Waals surface area (Å²) in [6, 6.07) is 0.109. The molecule has 0 bridgehead atoms. The van der Waals surface area contributed by atoms with Gasteiger partial charge in [-0.05, 0) is 33.9 Å². The van der Waals surface area contributed by atoms with Gasteiger partial charge in [0, 0.05) is 24.5 Å². The molecule has 0 fully saturated rings. The van der Waals surface area contributed by atoms with Crippen LogP contribution in [0.5, 0.6) is 0 Å². The van der Waals surface area contributed by atoms with E-state index in [4.69, 9.17) is 5.84 Å². The zero-order valence-electron chi connectivity index (χ0n) is 13.0. The van der Waals surface area contributed by atoms with Crippen molar-refractivity contribution in [2.24, 2.45) is 11.8 Å². The lowest BCUT2D eigenvalue weighted by molar-refractivity contribution is 0.135. The van der Waals surface area contributed by atoms with E-state index in [1.807, 2.05) is 4.68 Å². The van der Waals surface area contributed by atoms with Crippen molar-refractivity contribution in [2.75, 3.05) is 14.1 Å². The summed E-state index contributed by atoms with van der Waals surface area (Å²) in [5.74, 6) is 7.26. The highest BCUT2D eigenvalue weighted by Gasteiger charge is 2.32. The molecule has 0 aliphatic heterocycles. The minimum Gasteiger partial charge on any atom is -0.303 e. The maximum atomic E-state index is 5.73. The molecule has 1 heterocycles. The first-order valence-electron chi connectivity index (χ1n) is 6.79. The second kappa shape index (κ2) is 6.45. The molecule has 1 aromatic heterocycles. The lowest BCUT2D eigenvalue weighted by Gasteiger charge is -2.39. The van der Waals surface area contributed by atoms with Gasteiger partial charge >= 0.3 is 0 Å². The fourth-order valence-electron chi connectivity index (χ4n) is 1.95. The van der Waals surface area contributed by atoms with E-state index in [9.17, 15) is 0 Å². The van der Waals surface area contributed by atoms with Crippen molar-refractivity contribution >= 4 is 0 Å². The van der Waals surface area contributed by atoms with Crippen LogP contribution in [-0.4, -0.2) is 45.3 Å². The molecule has 3 N–H and O–H groups in total. The van der Waals surface area contributed by atoms with E-state index in [0.717, 1.165) is 18.8 Å². The van der Waals surface area contributed by atoms with Gasteiger partial charge in [0.25, 0.3) is 0 Å². The van der Waals surface area contributed by atoms with E-state index in [1.165, 1.54) is 0 Å². The molecule has 110 valence electrons. The van der Waals surface area contributed by atoms with Crippen LogP contribution in [-0.2, 0) is 13.0 Å². The van der Waals surface area contributed by atoms with Gasteiger partial charge in [-0.3, -0.25) is 11.3 Å². The predicted octanol–water partition coefficient (Wildman–Crippen LogP) is 0.649. The largest absolute Gasteiger partial charge is 0.303 e. The SMILES string of the molecule is CC(C)Cn1ncnc1CC(NN)C(C)(C)N(C)C. The molecule has 1 aromatic rings. The molecule has 6 nitrogen and oxygen atoms in total. The summed E-state index contributed by atoms with van der Waals surface area (Å²) < 4.78 is 1.97. The molecular weight excluding hydrogens is 240 g/mol. The average Bonchev–Trinajstić information content (AvgIpc) is 2.71. The van der Waals surface area contributed by atoms with Crippen LogP contribution in [0.15, 0.2) is 6.33 Å². The second-order valence-electron chi connectivity index (χ2n) is 6.22. The zero-order valence-corrected chi connectivity index (χ0v) is 13.0. The van der Waals surface area contributed by atoms with Gasteiger partial charge in [0.1, 0.15) is 12.2 Å². The molecule has 0 saturated heterocycles. The van der Waals surface area contributed by atoms with Gasteiger partial charge in [0.05, 0.1) is 0 Å². The Kier molecular flexibility index (Phi) is 5.46. The Labute approximate surface area is 116 Å². The van der Waals surface area contributed by atoms with Crippen molar-refractivity contribution in [3.63, 3.8) is 0 Å². The molecule has 19 heavy (non-hydrogen) atoms. The normalized spacial score (nSPS) is 14.4. The van der Waals surface area contributed by atoms with E-state index in [-0.39, 0.29) is 11.6 Å². The number of hydrogen-bond donors (Lipinski definition) is 2. The standard InChI is InChI=1S/C13H28N6/c1-10(2)8-19-12(15-9-16-19)7-11(17-14)13(3,4)18(5)6/h9-11,17H,7-8,14H2,1-6H3. The molecule has 0 aromatic carbocycles. The molecule has 0 spiro atoms. The second-order valence-corrected chi connectivity index (χ2v) is 6.22. The van der Waals surface area contributed by atoms with Crippen LogP contribution in [0.25, 0.3) is 0 Å².